The summed E-state index contributed by atoms with van der Waals surface area (Å²) in [6, 6.07) is 7.64. The number of hydrogen-bond acceptors (Lipinski definition) is 4. The van der Waals surface area contributed by atoms with Gasteiger partial charge in [-0.1, -0.05) is 32.9 Å². The summed E-state index contributed by atoms with van der Waals surface area (Å²) in [5, 5.41) is 13.0. The highest BCUT2D eigenvalue weighted by atomic mass is 32.1. The standard InChI is InChI=1S/C14H18N2O2S/c1-14(2,3)11(17)8-15-12(18)13-16-9-6-4-5-7-10(9)19-13/h4-7,11,17H,8H2,1-3H3,(H,15,18). The van der Waals surface area contributed by atoms with E-state index >= 15 is 0 Å². The van der Waals surface area contributed by atoms with Crippen LogP contribution in [-0.2, 0) is 0 Å². The van der Waals surface area contributed by atoms with E-state index in [0.717, 1.165) is 10.2 Å². The van der Waals surface area contributed by atoms with Gasteiger partial charge in [0.05, 0.1) is 16.3 Å². The number of amides is 1. The summed E-state index contributed by atoms with van der Waals surface area (Å²) in [7, 11) is 0. The zero-order valence-corrected chi connectivity index (χ0v) is 12.1. The van der Waals surface area contributed by atoms with E-state index in [1.807, 2.05) is 45.0 Å². The molecule has 0 saturated heterocycles. The van der Waals surface area contributed by atoms with Crippen LogP contribution in [0, 0.1) is 5.41 Å². The minimum Gasteiger partial charge on any atom is -0.391 e. The first-order valence-corrected chi connectivity index (χ1v) is 7.01. The Morgan fingerprint density at radius 1 is 1.42 bits per heavy atom. The number of nitrogens with zero attached hydrogens (tertiary/aromatic N) is 1. The molecule has 0 radical (unpaired) electrons. The SMILES string of the molecule is CC(C)(C)C(O)CNC(=O)c1nc2ccccc2s1. The maximum atomic E-state index is 12.0. The topological polar surface area (TPSA) is 62.2 Å². The van der Waals surface area contributed by atoms with Crippen LogP contribution in [0.3, 0.4) is 0 Å². The molecule has 1 heterocycles. The van der Waals surface area contributed by atoms with Crippen LogP contribution >= 0.6 is 11.3 Å². The van der Waals surface area contributed by atoms with Gasteiger partial charge < -0.3 is 10.4 Å². The smallest absolute Gasteiger partial charge is 0.280 e. The van der Waals surface area contributed by atoms with E-state index in [2.05, 4.69) is 10.3 Å². The van der Waals surface area contributed by atoms with Gasteiger partial charge >= 0.3 is 0 Å². The third-order valence-electron chi connectivity index (χ3n) is 2.94. The molecule has 1 unspecified atom stereocenters. The zero-order chi connectivity index (χ0) is 14.0. The summed E-state index contributed by atoms with van der Waals surface area (Å²) in [5.41, 5.74) is 0.579. The molecule has 0 saturated carbocycles. The quantitative estimate of drug-likeness (QED) is 0.906. The molecular weight excluding hydrogens is 260 g/mol. The number of aromatic nitrogens is 1. The summed E-state index contributed by atoms with van der Waals surface area (Å²) in [5.74, 6) is -0.232. The second kappa shape index (κ2) is 5.27. The number of para-hydroxylation sites is 1. The van der Waals surface area contributed by atoms with Crippen LogP contribution < -0.4 is 5.32 Å². The van der Waals surface area contributed by atoms with Gasteiger partial charge in [0.2, 0.25) is 0 Å². The van der Waals surface area contributed by atoms with E-state index in [-0.39, 0.29) is 17.9 Å². The first kappa shape index (κ1) is 14.0. The van der Waals surface area contributed by atoms with Crippen molar-refractivity contribution < 1.29 is 9.90 Å². The van der Waals surface area contributed by atoms with Crippen LogP contribution in [0.1, 0.15) is 30.6 Å². The lowest BCUT2D eigenvalue weighted by Gasteiger charge is -2.25. The Kier molecular flexibility index (Phi) is 3.87. The second-order valence-corrected chi connectivity index (χ2v) is 6.61. The average molecular weight is 278 g/mol. The van der Waals surface area contributed by atoms with E-state index in [4.69, 9.17) is 0 Å². The van der Waals surface area contributed by atoms with Gasteiger partial charge in [-0.3, -0.25) is 4.79 Å². The van der Waals surface area contributed by atoms with Crippen LogP contribution in [0.2, 0.25) is 0 Å². The lowest BCUT2D eigenvalue weighted by atomic mass is 9.89. The molecule has 0 aliphatic carbocycles. The summed E-state index contributed by atoms with van der Waals surface area (Å²) in [6.07, 6.45) is -0.578. The van der Waals surface area contributed by atoms with E-state index in [1.165, 1.54) is 11.3 Å². The van der Waals surface area contributed by atoms with Gasteiger partial charge in [-0.2, -0.15) is 0 Å². The fourth-order valence-corrected chi connectivity index (χ4v) is 2.42. The molecule has 1 atom stereocenters. The molecule has 4 nitrogen and oxygen atoms in total. The largest absolute Gasteiger partial charge is 0.391 e. The van der Waals surface area contributed by atoms with Crippen molar-refractivity contribution in [2.75, 3.05) is 6.54 Å². The minimum atomic E-state index is -0.578. The molecule has 19 heavy (non-hydrogen) atoms. The Hall–Kier alpha value is -1.46. The Labute approximate surface area is 116 Å². The summed E-state index contributed by atoms with van der Waals surface area (Å²) in [4.78, 5) is 16.2. The highest BCUT2D eigenvalue weighted by Gasteiger charge is 2.23. The number of carbonyl (C=O) groups is 1. The van der Waals surface area contributed by atoms with Gasteiger partial charge in [0.1, 0.15) is 0 Å². The fourth-order valence-electron chi connectivity index (χ4n) is 1.54. The number of thiazole rings is 1. The molecule has 2 rings (SSSR count). The van der Waals surface area contributed by atoms with Gasteiger partial charge in [0.15, 0.2) is 5.01 Å². The predicted octanol–water partition coefficient (Wildman–Crippen LogP) is 2.43. The molecule has 2 aromatic rings. The summed E-state index contributed by atoms with van der Waals surface area (Å²) >= 11 is 1.36. The molecule has 0 aliphatic heterocycles. The molecule has 0 spiro atoms. The number of aliphatic hydroxyl groups is 1. The van der Waals surface area contributed by atoms with Crippen LogP contribution in [0.5, 0.6) is 0 Å². The molecule has 5 heteroatoms. The Bertz CT molecular complexity index is 553. The maximum Gasteiger partial charge on any atom is 0.280 e. The third kappa shape index (κ3) is 3.30. The number of hydrogen-bond donors (Lipinski definition) is 2. The lowest BCUT2D eigenvalue weighted by molar-refractivity contribution is 0.0587. The molecule has 102 valence electrons. The highest BCUT2D eigenvalue weighted by Crippen LogP contribution is 2.22. The van der Waals surface area contributed by atoms with Crippen molar-refractivity contribution in [2.45, 2.75) is 26.9 Å². The highest BCUT2D eigenvalue weighted by molar-refractivity contribution is 7.20. The molecule has 1 aromatic heterocycles. The van der Waals surface area contributed by atoms with Crippen LogP contribution in [0.15, 0.2) is 24.3 Å². The van der Waals surface area contributed by atoms with Crippen molar-refractivity contribution in [3.8, 4) is 0 Å². The normalized spacial score (nSPS) is 13.5. The average Bonchev–Trinajstić information content (AvgIpc) is 2.78. The van der Waals surface area contributed by atoms with Crippen LogP contribution in [0.25, 0.3) is 10.2 Å². The van der Waals surface area contributed by atoms with Crippen LogP contribution in [-0.4, -0.2) is 28.6 Å². The molecule has 0 bridgehead atoms. The van der Waals surface area contributed by atoms with Crippen molar-refractivity contribution in [1.82, 2.24) is 10.3 Å². The van der Waals surface area contributed by atoms with E-state index in [9.17, 15) is 9.90 Å². The van der Waals surface area contributed by atoms with Gasteiger partial charge in [0.25, 0.3) is 5.91 Å². The van der Waals surface area contributed by atoms with Crippen molar-refractivity contribution in [3.05, 3.63) is 29.3 Å². The number of rotatable bonds is 3. The number of fused-ring (bicyclic) bond motifs is 1. The van der Waals surface area contributed by atoms with Gasteiger partial charge in [0, 0.05) is 6.54 Å². The Balaban J connectivity index is 2.04. The van der Waals surface area contributed by atoms with E-state index in [0.29, 0.717) is 5.01 Å². The van der Waals surface area contributed by atoms with Crippen molar-refractivity contribution in [2.24, 2.45) is 5.41 Å². The Morgan fingerprint density at radius 2 is 2.11 bits per heavy atom. The monoisotopic (exact) mass is 278 g/mol. The van der Waals surface area contributed by atoms with Crippen molar-refractivity contribution in [3.63, 3.8) is 0 Å². The third-order valence-corrected chi connectivity index (χ3v) is 3.98. The molecule has 0 aliphatic rings. The van der Waals surface area contributed by atoms with E-state index < -0.39 is 6.10 Å². The minimum absolute atomic E-state index is 0.232. The maximum absolute atomic E-state index is 12.0. The molecule has 2 N–H and O–H groups in total. The van der Waals surface area contributed by atoms with Gasteiger partial charge in [-0.25, -0.2) is 4.98 Å². The summed E-state index contributed by atoms with van der Waals surface area (Å²) < 4.78 is 0.990. The van der Waals surface area contributed by atoms with Crippen LogP contribution in [0.4, 0.5) is 0 Å². The Morgan fingerprint density at radius 3 is 2.74 bits per heavy atom. The fraction of sp³-hybridized carbons (Fsp3) is 0.429. The van der Waals surface area contributed by atoms with Crippen molar-refractivity contribution in [1.29, 1.82) is 0 Å². The molecular formula is C14H18N2O2S. The molecule has 1 amide bonds. The predicted molar refractivity (Wildman–Crippen MR) is 77.4 cm³/mol. The molecule has 0 fully saturated rings. The van der Waals surface area contributed by atoms with E-state index in [1.54, 1.807) is 0 Å². The first-order chi connectivity index (χ1) is 8.88. The number of carbonyl (C=O) groups excluding carboxylic acids is 1. The second-order valence-electron chi connectivity index (χ2n) is 5.58. The zero-order valence-electron chi connectivity index (χ0n) is 11.3. The molecule has 1 aromatic carbocycles. The number of benzene rings is 1. The van der Waals surface area contributed by atoms with Gasteiger partial charge in [-0.05, 0) is 17.5 Å². The first-order valence-electron chi connectivity index (χ1n) is 6.20. The van der Waals surface area contributed by atoms with Gasteiger partial charge in [-0.15, -0.1) is 11.3 Å². The number of aliphatic hydroxyl groups excluding tert-OH is 1. The lowest BCUT2D eigenvalue weighted by Crippen LogP contribution is -2.39. The number of nitrogens with one attached hydrogen (secondary N) is 1. The summed E-state index contributed by atoms with van der Waals surface area (Å²) in [6.45, 7) is 6.03. The van der Waals surface area contributed by atoms with Crippen molar-refractivity contribution >= 4 is 27.5 Å².